The van der Waals surface area contributed by atoms with Gasteiger partial charge < -0.3 is 9.80 Å². The van der Waals surface area contributed by atoms with Gasteiger partial charge in [0.25, 0.3) is 0 Å². The predicted molar refractivity (Wildman–Crippen MR) is 100.0 cm³/mol. The number of imide groups is 1. The molecule has 0 bridgehead atoms. The van der Waals surface area contributed by atoms with Crippen molar-refractivity contribution in [2.75, 3.05) is 31.1 Å². The van der Waals surface area contributed by atoms with Crippen molar-refractivity contribution < 1.29 is 14.4 Å². The van der Waals surface area contributed by atoms with Gasteiger partial charge in [0.05, 0.1) is 0 Å². The molecule has 1 aromatic rings. The molecule has 7 heteroatoms. The van der Waals surface area contributed by atoms with Crippen molar-refractivity contribution in [2.24, 2.45) is 5.92 Å². The molecule has 2 aliphatic heterocycles. The van der Waals surface area contributed by atoms with E-state index in [1.165, 1.54) is 4.90 Å². The minimum absolute atomic E-state index is 0.131. The van der Waals surface area contributed by atoms with Gasteiger partial charge in [-0.3, -0.25) is 19.3 Å². The molecule has 2 fully saturated rings. The van der Waals surface area contributed by atoms with E-state index in [0.717, 1.165) is 5.69 Å². The SMILES string of the molecule is CCC(C(=O)N1CCN(c2cccc(Cl)c2)CC1)N1C(=O)CC(C)C1=O. The van der Waals surface area contributed by atoms with Gasteiger partial charge in [0.2, 0.25) is 17.7 Å². The second kappa shape index (κ2) is 7.66. The lowest BCUT2D eigenvalue weighted by Crippen LogP contribution is -2.56. The lowest BCUT2D eigenvalue weighted by molar-refractivity contribution is -0.151. The maximum atomic E-state index is 13.0. The quantitative estimate of drug-likeness (QED) is 0.754. The molecule has 3 rings (SSSR count). The number of likely N-dealkylation sites (tertiary alicyclic amines) is 1. The van der Waals surface area contributed by atoms with Gasteiger partial charge >= 0.3 is 0 Å². The second-order valence-corrected chi connectivity index (χ2v) is 7.36. The summed E-state index contributed by atoms with van der Waals surface area (Å²) in [6, 6.07) is 6.98. The Labute approximate surface area is 158 Å². The number of carbonyl (C=O) groups is 3. The normalized spacial score (nSPS) is 22.1. The Morgan fingerprint density at radius 2 is 1.92 bits per heavy atom. The molecule has 3 amide bonds. The van der Waals surface area contributed by atoms with Crippen LogP contribution in [-0.4, -0.2) is 59.7 Å². The molecular weight excluding hydrogens is 354 g/mol. The van der Waals surface area contributed by atoms with E-state index < -0.39 is 6.04 Å². The van der Waals surface area contributed by atoms with Crippen molar-refractivity contribution in [2.45, 2.75) is 32.7 Å². The molecule has 2 atom stereocenters. The first kappa shape index (κ1) is 18.7. The van der Waals surface area contributed by atoms with Crippen molar-refractivity contribution in [3.63, 3.8) is 0 Å². The highest BCUT2D eigenvalue weighted by atomic mass is 35.5. The average molecular weight is 378 g/mol. The van der Waals surface area contributed by atoms with Crippen LogP contribution in [0.2, 0.25) is 5.02 Å². The van der Waals surface area contributed by atoms with E-state index in [9.17, 15) is 14.4 Å². The monoisotopic (exact) mass is 377 g/mol. The molecule has 0 N–H and O–H groups in total. The number of hydrogen-bond acceptors (Lipinski definition) is 4. The molecule has 0 aromatic heterocycles. The summed E-state index contributed by atoms with van der Waals surface area (Å²) < 4.78 is 0. The number of piperazine rings is 1. The Hall–Kier alpha value is -2.08. The molecule has 2 heterocycles. The lowest BCUT2D eigenvalue weighted by Gasteiger charge is -2.38. The maximum Gasteiger partial charge on any atom is 0.245 e. The third-order valence-electron chi connectivity index (χ3n) is 5.16. The van der Waals surface area contributed by atoms with Gasteiger partial charge in [-0.05, 0) is 24.6 Å². The van der Waals surface area contributed by atoms with Crippen molar-refractivity contribution in [1.82, 2.24) is 9.80 Å². The molecule has 0 radical (unpaired) electrons. The summed E-state index contributed by atoms with van der Waals surface area (Å²) in [6.45, 7) is 6.10. The van der Waals surface area contributed by atoms with Crippen LogP contribution in [0.25, 0.3) is 0 Å². The molecule has 2 saturated heterocycles. The largest absolute Gasteiger partial charge is 0.368 e. The first-order valence-corrected chi connectivity index (χ1v) is 9.45. The number of rotatable bonds is 4. The molecule has 140 valence electrons. The summed E-state index contributed by atoms with van der Waals surface area (Å²) in [5.41, 5.74) is 1.04. The highest BCUT2D eigenvalue weighted by molar-refractivity contribution is 6.30. The molecule has 2 unspecified atom stereocenters. The van der Waals surface area contributed by atoms with E-state index in [1.807, 2.05) is 31.2 Å². The fourth-order valence-electron chi connectivity index (χ4n) is 3.67. The van der Waals surface area contributed by atoms with Crippen molar-refractivity contribution in [3.8, 4) is 0 Å². The third-order valence-corrected chi connectivity index (χ3v) is 5.39. The number of carbonyl (C=O) groups excluding carboxylic acids is 3. The second-order valence-electron chi connectivity index (χ2n) is 6.92. The van der Waals surface area contributed by atoms with Crippen LogP contribution in [0.3, 0.4) is 0 Å². The lowest BCUT2D eigenvalue weighted by atomic mass is 10.1. The van der Waals surface area contributed by atoms with E-state index in [1.54, 1.807) is 11.8 Å². The van der Waals surface area contributed by atoms with Gasteiger partial charge in [0.15, 0.2) is 0 Å². The van der Waals surface area contributed by atoms with Gasteiger partial charge in [-0.1, -0.05) is 31.5 Å². The number of nitrogens with zero attached hydrogens (tertiary/aromatic N) is 3. The van der Waals surface area contributed by atoms with Crippen LogP contribution in [-0.2, 0) is 14.4 Å². The summed E-state index contributed by atoms with van der Waals surface area (Å²) in [5.74, 6) is -0.925. The van der Waals surface area contributed by atoms with Crippen molar-refractivity contribution in [3.05, 3.63) is 29.3 Å². The van der Waals surface area contributed by atoms with Crippen molar-refractivity contribution >= 4 is 35.0 Å². The zero-order valence-corrected chi connectivity index (χ0v) is 15.9. The third kappa shape index (κ3) is 3.56. The predicted octanol–water partition coefficient (Wildman–Crippen LogP) is 2.16. The number of amides is 3. The van der Waals surface area contributed by atoms with E-state index in [0.29, 0.717) is 37.6 Å². The fraction of sp³-hybridized carbons (Fsp3) is 0.526. The van der Waals surface area contributed by atoms with E-state index >= 15 is 0 Å². The first-order chi connectivity index (χ1) is 12.4. The zero-order chi connectivity index (χ0) is 18.8. The smallest absolute Gasteiger partial charge is 0.245 e. The van der Waals surface area contributed by atoms with Crippen LogP contribution in [0.5, 0.6) is 0 Å². The number of halogens is 1. The van der Waals surface area contributed by atoms with Crippen molar-refractivity contribution in [1.29, 1.82) is 0 Å². The molecule has 26 heavy (non-hydrogen) atoms. The Morgan fingerprint density at radius 3 is 2.46 bits per heavy atom. The van der Waals surface area contributed by atoms with Gasteiger partial charge in [0.1, 0.15) is 6.04 Å². The highest BCUT2D eigenvalue weighted by Gasteiger charge is 2.43. The average Bonchev–Trinajstić information content (AvgIpc) is 2.89. The minimum atomic E-state index is -0.683. The van der Waals surface area contributed by atoms with Gasteiger partial charge in [-0.25, -0.2) is 0 Å². The number of hydrogen-bond donors (Lipinski definition) is 0. The standard InChI is InChI=1S/C19H24ClN3O3/c1-3-16(23-17(24)11-13(2)18(23)25)19(26)22-9-7-21(8-10-22)15-6-4-5-14(20)12-15/h4-6,12-13,16H,3,7-11H2,1-2H3. The maximum absolute atomic E-state index is 13.0. The molecule has 1 aromatic carbocycles. The van der Waals surface area contributed by atoms with Gasteiger partial charge in [-0.2, -0.15) is 0 Å². The summed E-state index contributed by atoms with van der Waals surface area (Å²) in [5, 5.41) is 0.687. The molecular formula is C19H24ClN3O3. The first-order valence-electron chi connectivity index (χ1n) is 9.07. The van der Waals surface area contributed by atoms with Crippen LogP contribution < -0.4 is 4.90 Å². The Morgan fingerprint density at radius 1 is 1.23 bits per heavy atom. The van der Waals surface area contributed by atoms with Crippen LogP contribution in [0, 0.1) is 5.92 Å². The van der Waals surface area contributed by atoms with Gasteiger partial charge in [-0.15, -0.1) is 0 Å². The summed E-state index contributed by atoms with van der Waals surface area (Å²) >= 11 is 6.05. The van der Waals surface area contributed by atoms with E-state index in [2.05, 4.69) is 4.90 Å². The minimum Gasteiger partial charge on any atom is -0.368 e. The van der Waals surface area contributed by atoms with Crippen LogP contribution >= 0.6 is 11.6 Å². The Balaban J connectivity index is 1.65. The summed E-state index contributed by atoms with van der Waals surface area (Å²) in [7, 11) is 0. The zero-order valence-electron chi connectivity index (χ0n) is 15.2. The molecule has 2 aliphatic rings. The molecule has 0 saturated carbocycles. The van der Waals surface area contributed by atoms with Crippen LogP contribution in [0.4, 0.5) is 5.69 Å². The Kier molecular flexibility index (Phi) is 5.51. The molecule has 0 aliphatic carbocycles. The number of anilines is 1. The van der Waals surface area contributed by atoms with E-state index in [4.69, 9.17) is 11.6 Å². The molecule has 0 spiro atoms. The molecule has 6 nitrogen and oxygen atoms in total. The number of benzene rings is 1. The van der Waals surface area contributed by atoms with E-state index in [-0.39, 0.29) is 30.1 Å². The summed E-state index contributed by atoms with van der Waals surface area (Å²) in [6.07, 6.45) is 0.642. The van der Waals surface area contributed by atoms with Crippen LogP contribution in [0.15, 0.2) is 24.3 Å². The Bertz CT molecular complexity index is 716. The topological polar surface area (TPSA) is 60.9 Å². The summed E-state index contributed by atoms with van der Waals surface area (Å²) in [4.78, 5) is 42.5. The fourth-order valence-corrected chi connectivity index (χ4v) is 3.86. The highest BCUT2D eigenvalue weighted by Crippen LogP contribution is 2.25. The van der Waals surface area contributed by atoms with Gasteiger partial charge in [0, 0.05) is 49.2 Å². The van der Waals surface area contributed by atoms with Crippen LogP contribution in [0.1, 0.15) is 26.7 Å².